The van der Waals surface area contributed by atoms with Crippen molar-refractivity contribution in [1.82, 2.24) is 10.9 Å². The molecule has 0 aliphatic carbocycles. The van der Waals surface area contributed by atoms with E-state index in [4.69, 9.17) is 4.74 Å². The normalized spacial score (nSPS) is 10.0. The molecule has 3 amide bonds. The zero-order chi connectivity index (χ0) is 21.3. The molecule has 0 aliphatic rings. The van der Waals surface area contributed by atoms with Crippen molar-refractivity contribution in [2.75, 3.05) is 11.9 Å². The zero-order valence-electron chi connectivity index (χ0n) is 16.3. The summed E-state index contributed by atoms with van der Waals surface area (Å²) in [4.78, 5) is 35.0. The molecule has 3 aromatic rings. The first-order valence-corrected chi connectivity index (χ1v) is 9.26. The fourth-order valence-electron chi connectivity index (χ4n) is 2.67. The second-order valence-corrected chi connectivity index (χ2v) is 6.44. The van der Waals surface area contributed by atoms with Crippen molar-refractivity contribution >= 4 is 23.4 Å². The summed E-state index contributed by atoms with van der Waals surface area (Å²) in [5.74, 6) is -0.630. The lowest BCUT2D eigenvalue weighted by molar-refractivity contribution is -0.123. The number of hydrogen-bond donors (Lipinski definition) is 3. The Hall–Kier alpha value is -4.13. The summed E-state index contributed by atoms with van der Waals surface area (Å²) in [5, 5.41) is 2.61. The lowest BCUT2D eigenvalue weighted by atomic mass is 10.1. The second-order valence-electron chi connectivity index (χ2n) is 6.44. The molecule has 0 saturated carbocycles. The zero-order valence-corrected chi connectivity index (χ0v) is 16.3. The Bertz CT molecular complexity index is 1020. The molecule has 0 radical (unpaired) electrons. The monoisotopic (exact) mass is 403 g/mol. The van der Waals surface area contributed by atoms with Gasteiger partial charge in [0.15, 0.2) is 6.61 Å². The molecule has 0 heterocycles. The maximum atomic E-state index is 12.1. The van der Waals surface area contributed by atoms with E-state index in [2.05, 4.69) is 16.2 Å². The SMILES string of the molecule is CC(=O)Nc1ccc(C(=O)NNC(=O)COc2ccc(-c3ccccc3)cc2)cc1. The van der Waals surface area contributed by atoms with Crippen LogP contribution in [0.5, 0.6) is 5.75 Å². The topological polar surface area (TPSA) is 96.5 Å². The molecule has 0 aliphatic heterocycles. The van der Waals surface area contributed by atoms with Crippen molar-refractivity contribution in [1.29, 1.82) is 0 Å². The molecule has 3 N–H and O–H groups in total. The van der Waals surface area contributed by atoms with Crippen LogP contribution in [0, 0.1) is 0 Å². The minimum Gasteiger partial charge on any atom is -0.484 e. The van der Waals surface area contributed by atoms with E-state index in [1.165, 1.54) is 19.1 Å². The Kier molecular flexibility index (Phi) is 6.78. The Morgan fingerprint density at radius 1 is 0.767 bits per heavy atom. The molecule has 3 rings (SSSR count). The lowest BCUT2D eigenvalue weighted by Crippen LogP contribution is -2.43. The standard InChI is InChI=1S/C23H21N3O4/c1-16(27)24-20-11-7-19(8-12-20)23(29)26-25-22(28)15-30-21-13-9-18(10-14-21)17-5-3-2-4-6-17/h2-14H,15H2,1H3,(H,24,27)(H,25,28)(H,26,29). The van der Waals surface area contributed by atoms with E-state index in [9.17, 15) is 14.4 Å². The highest BCUT2D eigenvalue weighted by Gasteiger charge is 2.08. The van der Waals surface area contributed by atoms with Crippen LogP contribution in [-0.2, 0) is 9.59 Å². The molecule has 7 nitrogen and oxygen atoms in total. The number of anilines is 1. The number of hydrogen-bond acceptors (Lipinski definition) is 4. The van der Waals surface area contributed by atoms with Gasteiger partial charge in [0, 0.05) is 18.2 Å². The van der Waals surface area contributed by atoms with Crippen molar-refractivity contribution in [3.05, 3.63) is 84.4 Å². The van der Waals surface area contributed by atoms with Crippen molar-refractivity contribution in [2.24, 2.45) is 0 Å². The van der Waals surface area contributed by atoms with Crippen LogP contribution in [0.1, 0.15) is 17.3 Å². The van der Waals surface area contributed by atoms with Crippen LogP contribution >= 0.6 is 0 Å². The van der Waals surface area contributed by atoms with E-state index < -0.39 is 11.8 Å². The van der Waals surface area contributed by atoms with Gasteiger partial charge in [0.25, 0.3) is 11.8 Å². The number of amides is 3. The molecule has 0 aromatic heterocycles. The average Bonchev–Trinajstić information content (AvgIpc) is 2.77. The number of hydrazine groups is 1. The van der Waals surface area contributed by atoms with Gasteiger partial charge in [0.05, 0.1) is 0 Å². The van der Waals surface area contributed by atoms with E-state index in [1.54, 1.807) is 24.3 Å². The van der Waals surface area contributed by atoms with Gasteiger partial charge in [-0.3, -0.25) is 25.2 Å². The van der Waals surface area contributed by atoms with Crippen LogP contribution in [0.15, 0.2) is 78.9 Å². The number of ether oxygens (including phenoxy) is 1. The Labute approximate surface area is 174 Å². The molecule has 0 saturated heterocycles. The van der Waals surface area contributed by atoms with Crippen LogP contribution in [0.3, 0.4) is 0 Å². The Balaban J connectivity index is 1.44. The average molecular weight is 403 g/mol. The molecule has 0 unspecified atom stereocenters. The molecule has 3 aromatic carbocycles. The van der Waals surface area contributed by atoms with Gasteiger partial charge in [-0.1, -0.05) is 42.5 Å². The fourth-order valence-corrected chi connectivity index (χ4v) is 2.67. The third kappa shape index (κ3) is 5.93. The van der Waals surface area contributed by atoms with Gasteiger partial charge in [-0.05, 0) is 47.5 Å². The van der Waals surface area contributed by atoms with Crippen LogP contribution in [0.4, 0.5) is 5.69 Å². The predicted octanol–water partition coefficient (Wildman–Crippen LogP) is 3.15. The second kappa shape index (κ2) is 9.88. The molecular weight excluding hydrogens is 382 g/mol. The number of carbonyl (C=O) groups is 3. The summed E-state index contributed by atoms with van der Waals surface area (Å²) in [7, 11) is 0. The maximum absolute atomic E-state index is 12.1. The smallest absolute Gasteiger partial charge is 0.276 e. The lowest BCUT2D eigenvalue weighted by Gasteiger charge is -2.10. The third-order valence-electron chi connectivity index (χ3n) is 4.11. The number of rotatable bonds is 6. The van der Waals surface area contributed by atoms with E-state index in [0.717, 1.165) is 11.1 Å². The van der Waals surface area contributed by atoms with Gasteiger partial charge >= 0.3 is 0 Å². The van der Waals surface area contributed by atoms with E-state index in [1.807, 2.05) is 42.5 Å². The van der Waals surface area contributed by atoms with Gasteiger partial charge in [0.1, 0.15) is 5.75 Å². The van der Waals surface area contributed by atoms with Crippen molar-refractivity contribution in [3.8, 4) is 16.9 Å². The van der Waals surface area contributed by atoms with Crippen molar-refractivity contribution in [3.63, 3.8) is 0 Å². The minimum atomic E-state index is -0.495. The Morgan fingerprint density at radius 2 is 1.40 bits per heavy atom. The highest BCUT2D eigenvalue weighted by Crippen LogP contribution is 2.21. The van der Waals surface area contributed by atoms with Crippen LogP contribution in [0.2, 0.25) is 0 Å². The summed E-state index contributed by atoms with van der Waals surface area (Å²) < 4.78 is 5.45. The van der Waals surface area contributed by atoms with E-state index in [0.29, 0.717) is 17.0 Å². The predicted molar refractivity (Wildman–Crippen MR) is 114 cm³/mol. The van der Waals surface area contributed by atoms with Crippen LogP contribution in [-0.4, -0.2) is 24.3 Å². The first-order chi connectivity index (χ1) is 14.5. The summed E-state index contributed by atoms with van der Waals surface area (Å²) in [6, 6.07) is 23.6. The van der Waals surface area contributed by atoms with E-state index in [-0.39, 0.29) is 12.5 Å². The summed E-state index contributed by atoms with van der Waals surface area (Å²) >= 11 is 0. The molecule has 30 heavy (non-hydrogen) atoms. The molecule has 0 spiro atoms. The van der Waals surface area contributed by atoms with Gasteiger partial charge < -0.3 is 10.1 Å². The van der Waals surface area contributed by atoms with Crippen molar-refractivity contribution < 1.29 is 19.1 Å². The van der Waals surface area contributed by atoms with Gasteiger partial charge in [-0.25, -0.2) is 0 Å². The molecule has 0 bridgehead atoms. The summed E-state index contributed by atoms with van der Waals surface area (Å²) in [6.07, 6.45) is 0. The highest BCUT2D eigenvalue weighted by atomic mass is 16.5. The number of carbonyl (C=O) groups excluding carboxylic acids is 3. The fraction of sp³-hybridized carbons (Fsp3) is 0.0870. The molecule has 152 valence electrons. The number of nitrogens with one attached hydrogen (secondary N) is 3. The van der Waals surface area contributed by atoms with E-state index >= 15 is 0 Å². The first-order valence-electron chi connectivity index (χ1n) is 9.26. The number of benzene rings is 3. The molecular formula is C23H21N3O4. The summed E-state index contributed by atoms with van der Waals surface area (Å²) in [6.45, 7) is 1.16. The first kappa shape index (κ1) is 20.6. The maximum Gasteiger partial charge on any atom is 0.276 e. The Morgan fingerprint density at radius 3 is 2.03 bits per heavy atom. The highest BCUT2D eigenvalue weighted by molar-refractivity contribution is 5.96. The molecule has 0 atom stereocenters. The van der Waals surface area contributed by atoms with Crippen LogP contribution in [0.25, 0.3) is 11.1 Å². The molecule has 7 heteroatoms. The van der Waals surface area contributed by atoms with Gasteiger partial charge in [-0.15, -0.1) is 0 Å². The van der Waals surface area contributed by atoms with Crippen molar-refractivity contribution in [2.45, 2.75) is 6.92 Å². The van der Waals surface area contributed by atoms with Gasteiger partial charge in [-0.2, -0.15) is 0 Å². The van der Waals surface area contributed by atoms with Crippen LogP contribution < -0.4 is 20.9 Å². The summed E-state index contributed by atoms with van der Waals surface area (Å²) in [5.41, 5.74) is 7.67. The minimum absolute atomic E-state index is 0.200. The quantitative estimate of drug-likeness (QED) is 0.551. The molecule has 0 fully saturated rings. The largest absolute Gasteiger partial charge is 0.484 e. The van der Waals surface area contributed by atoms with Gasteiger partial charge in [0.2, 0.25) is 5.91 Å². The third-order valence-corrected chi connectivity index (χ3v) is 4.11.